The monoisotopic (exact) mass is 226 g/mol. The molecule has 0 saturated heterocycles. The third-order valence-electron chi connectivity index (χ3n) is 1.82. The summed E-state index contributed by atoms with van der Waals surface area (Å²) >= 11 is 0. The van der Waals surface area contributed by atoms with Crippen LogP contribution < -0.4 is 5.32 Å². The summed E-state index contributed by atoms with van der Waals surface area (Å²) in [6, 6.07) is 0.143. The smallest absolute Gasteiger partial charge is 0.344 e. The molecule has 3 nitrogen and oxygen atoms in total. The van der Waals surface area contributed by atoms with Crippen molar-refractivity contribution in [3.8, 4) is 0 Å². The lowest BCUT2D eigenvalue weighted by Gasteiger charge is -2.19. The summed E-state index contributed by atoms with van der Waals surface area (Å²) in [6.07, 6.45) is -5.17. The van der Waals surface area contributed by atoms with E-state index >= 15 is 0 Å². The van der Waals surface area contributed by atoms with Crippen molar-refractivity contribution in [1.29, 1.82) is 0 Å². The first-order valence-corrected chi connectivity index (χ1v) is 4.76. The van der Waals surface area contributed by atoms with Crippen LogP contribution in [0.25, 0.3) is 0 Å². The second-order valence-corrected chi connectivity index (χ2v) is 3.72. The van der Waals surface area contributed by atoms with Gasteiger partial charge in [-0.15, -0.1) is 0 Å². The Balaban J connectivity index is 3.79. The van der Waals surface area contributed by atoms with Gasteiger partial charge in [-0.3, -0.25) is 4.79 Å². The first-order valence-electron chi connectivity index (χ1n) is 4.76. The minimum atomic E-state index is -4.21. The predicted molar refractivity (Wildman–Crippen MR) is 51.4 cm³/mol. The van der Waals surface area contributed by atoms with Crippen LogP contribution in [0.15, 0.2) is 0 Å². The van der Waals surface area contributed by atoms with Crippen LogP contribution in [0.3, 0.4) is 0 Å². The van der Waals surface area contributed by atoms with E-state index in [4.69, 9.17) is 0 Å². The van der Waals surface area contributed by atoms with Crippen molar-refractivity contribution in [3.63, 3.8) is 0 Å². The Morgan fingerprint density at radius 1 is 1.40 bits per heavy atom. The second-order valence-electron chi connectivity index (χ2n) is 3.72. The summed E-state index contributed by atoms with van der Waals surface area (Å²) in [7, 11) is 1.37. The number of hydrogen-bond acceptors (Lipinski definition) is 2. The van der Waals surface area contributed by atoms with Gasteiger partial charge >= 0.3 is 6.18 Å². The van der Waals surface area contributed by atoms with Gasteiger partial charge in [-0.2, -0.15) is 13.2 Å². The predicted octanol–water partition coefficient (Wildman–Crippen LogP) is 1.40. The van der Waals surface area contributed by atoms with Crippen LogP contribution in [0, 0.1) is 0 Å². The third-order valence-corrected chi connectivity index (χ3v) is 1.82. The minimum Gasteiger partial charge on any atom is -0.344 e. The molecule has 0 fully saturated rings. The van der Waals surface area contributed by atoms with Crippen molar-refractivity contribution >= 4 is 5.91 Å². The first-order chi connectivity index (χ1) is 6.72. The van der Waals surface area contributed by atoms with E-state index in [2.05, 4.69) is 5.32 Å². The standard InChI is InChI=1S/C9H17F3N2O/c1-7(2)13-6-8(15)14(3)5-4-9(10,11)12/h7,13H,4-6H2,1-3H3. The van der Waals surface area contributed by atoms with Crippen LogP contribution >= 0.6 is 0 Å². The highest BCUT2D eigenvalue weighted by Gasteiger charge is 2.27. The van der Waals surface area contributed by atoms with Gasteiger partial charge in [0.1, 0.15) is 0 Å². The number of rotatable bonds is 5. The molecule has 0 aromatic carbocycles. The fourth-order valence-electron chi connectivity index (χ4n) is 0.846. The lowest BCUT2D eigenvalue weighted by atomic mass is 10.3. The van der Waals surface area contributed by atoms with Crippen molar-refractivity contribution in [1.82, 2.24) is 10.2 Å². The molecule has 0 heterocycles. The van der Waals surface area contributed by atoms with E-state index in [-0.39, 0.29) is 25.0 Å². The van der Waals surface area contributed by atoms with E-state index in [1.165, 1.54) is 7.05 Å². The topological polar surface area (TPSA) is 32.3 Å². The largest absolute Gasteiger partial charge is 0.390 e. The summed E-state index contributed by atoms with van der Waals surface area (Å²) < 4.78 is 35.5. The van der Waals surface area contributed by atoms with Gasteiger partial charge in [0, 0.05) is 19.6 Å². The number of nitrogens with zero attached hydrogens (tertiary/aromatic N) is 1. The SMILES string of the molecule is CC(C)NCC(=O)N(C)CCC(F)(F)F. The molecule has 0 aromatic heterocycles. The molecule has 0 rings (SSSR count). The number of hydrogen-bond donors (Lipinski definition) is 1. The fraction of sp³-hybridized carbons (Fsp3) is 0.889. The summed E-state index contributed by atoms with van der Waals surface area (Å²) in [4.78, 5) is 12.3. The van der Waals surface area contributed by atoms with Gasteiger partial charge in [-0.05, 0) is 0 Å². The van der Waals surface area contributed by atoms with Crippen molar-refractivity contribution in [2.24, 2.45) is 0 Å². The minimum absolute atomic E-state index is 0.0754. The summed E-state index contributed by atoms with van der Waals surface area (Å²) in [5.74, 6) is -0.326. The number of amides is 1. The number of alkyl halides is 3. The highest BCUT2D eigenvalue weighted by Crippen LogP contribution is 2.19. The number of carbonyl (C=O) groups is 1. The molecular weight excluding hydrogens is 209 g/mol. The van der Waals surface area contributed by atoms with Crippen LogP contribution in [-0.4, -0.2) is 43.2 Å². The van der Waals surface area contributed by atoms with Gasteiger partial charge in [-0.25, -0.2) is 0 Å². The first kappa shape index (κ1) is 14.2. The van der Waals surface area contributed by atoms with Crippen molar-refractivity contribution in [2.75, 3.05) is 20.1 Å². The van der Waals surface area contributed by atoms with E-state index in [9.17, 15) is 18.0 Å². The number of carbonyl (C=O) groups excluding carboxylic acids is 1. The average molecular weight is 226 g/mol. The van der Waals surface area contributed by atoms with E-state index in [0.29, 0.717) is 0 Å². The Bertz CT molecular complexity index is 204. The molecule has 90 valence electrons. The normalized spacial score (nSPS) is 11.9. The molecule has 0 unspecified atom stereocenters. The second kappa shape index (κ2) is 5.95. The number of likely N-dealkylation sites (N-methyl/N-ethyl adjacent to an activating group) is 1. The van der Waals surface area contributed by atoms with Crippen LogP contribution in [0.2, 0.25) is 0 Å². The molecule has 1 N–H and O–H groups in total. The molecule has 0 aliphatic rings. The molecular formula is C9H17F3N2O. The fourth-order valence-corrected chi connectivity index (χ4v) is 0.846. The third kappa shape index (κ3) is 8.23. The Morgan fingerprint density at radius 2 is 1.93 bits per heavy atom. The molecule has 0 aliphatic heterocycles. The number of halogens is 3. The average Bonchev–Trinajstić information content (AvgIpc) is 2.08. The van der Waals surface area contributed by atoms with Crippen LogP contribution in [0.1, 0.15) is 20.3 Å². The zero-order valence-electron chi connectivity index (χ0n) is 9.19. The van der Waals surface area contributed by atoms with Crippen LogP contribution in [0.5, 0.6) is 0 Å². The molecule has 0 saturated carbocycles. The maximum absolute atomic E-state index is 11.8. The van der Waals surface area contributed by atoms with Crippen molar-refractivity contribution < 1.29 is 18.0 Å². The Labute approximate surface area is 87.6 Å². The zero-order chi connectivity index (χ0) is 12.1. The Morgan fingerprint density at radius 3 is 2.33 bits per heavy atom. The molecule has 6 heteroatoms. The Kier molecular flexibility index (Phi) is 5.64. The van der Waals surface area contributed by atoms with E-state index < -0.39 is 12.6 Å². The maximum Gasteiger partial charge on any atom is 0.390 e. The lowest BCUT2D eigenvalue weighted by molar-refractivity contribution is -0.143. The van der Waals surface area contributed by atoms with Crippen LogP contribution in [0.4, 0.5) is 13.2 Å². The summed E-state index contributed by atoms with van der Waals surface area (Å²) in [6.45, 7) is 3.51. The van der Waals surface area contributed by atoms with E-state index in [0.717, 1.165) is 4.90 Å². The molecule has 0 atom stereocenters. The molecule has 0 spiro atoms. The summed E-state index contributed by atoms with van der Waals surface area (Å²) in [5, 5.41) is 2.85. The highest BCUT2D eigenvalue weighted by molar-refractivity contribution is 5.77. The lowest BCUT2D eigenvalue weighted by Crippen LogP contribution is -2.39. The quantitative estimate of drug-likeness (QED) is 0.768. The van der Waals surface area contributed by atoms with E-state index in [1.807, 2.05) is 13.8 Å². The Hall–Kier alpha value is -0.780. The van der Waals surface area contributed by atoms with Gasteiger partial charge < -0.3 is 10.2 Å². The van der Waals surface area contributed by atoms with Crippen molar-refractivity contribution in [2.45, 2.75) is 32.5 Å². The van der Waals surface area contributed by atoms with Gasteiger partial charge in [0.2, 0.25) is 5.91 Å². The maximum atomic E-state index is 11.8. The molecule has 15 heavy (non-hydrogen) atoms. The zero-order valence-corrected chi connectivity index (χ0v) is 9.19. The molecule has 0 radical (unpaired) electrons. The molecule has 0 aromatic rings. The van der Waals surface area contributed by atoms with E-state index in [1.54, 1.807) is 0 Å². The van der Waals surface area contributed by atoms with Crippen LogP contribution in [-0.2, 0) is 4.79 Å². The van der Waals surface area contributed by atoms with Gasteiger partial charge in [0.25, 0.3) is 0 Å². The van der Waals surface area contributed by atoms with Gasteiger partial charge in [0.05, 0.1) is 13.0 Å². The highest BCUT2D eigenvalue weighted by atomic mass is 19.4. The summed E-state index contributed by atoms with van der Waals surface area (Å²) in [5.41, 5.74) is 0. The molecule has 0 bridgehead atoms. The van der Waals surface area contributed by atoms with Crippen molar-refractivity contribution in [3.05, 3.63) is 0 Å². The van der Waals surface area contributed by atoms with Gasteiger partial charge in [-0.1, -0.05) is 13.8 Å². The van der Waals surface area contributed by atoms with Gasteiger partial charge in [0.15, 0.2) is 0 Å². The number of nitrogens with one attached hydrogen (secondary N) is 1. The molecule has 0 aliphatic carbocycles. The molecule has 1 amide bonds.